The molecule has 0 bridgehead atoms. The van der Waals surface area contributed by atoms with Gasteiger partial charge in [-0.2, -0.15) is 0 Å². The average molecular weight is 425 g/mol. The van der Waals surface area contributed by atoms with Gasteiger partial charge in [0.25, 0.3) is 0 Å². The third-order valence-corrected chi connectivity index (χ3v) is 11.5. The van der Waals surface area contributed by atoms with Crippen molar-refractivity contribution in [1.82, 2.24) is 0 Å². The Hall–Kier alpha value is -0.850. The van der Waals surface area contributed by atoms with Crippen LogP contribution in [0.2, 0.25) is 0 Å². The number of rotatable bonds is 4. The summed E-state index contributed by atoms with van der Waals surface area (Å²) in [6.45, 7) is 19.3. The first-order valence-corrected chi connectivity index (χ1v) is 13.2. The second kappa shape index (κ2) is 7.59. The van der Waals surface area contributed by atoms with Crippen LogP contribution < -0.4 is 0 Å². The highest BCUT2D eigenvalue weighted by Crippen LogP contribution is 2.73. The van der Waals surface area contributed by atoms with Crippen molar-refractivity contribution in [3.63, 3.8) is 0 Å². The van der Waals surface area contributed by atoms with Crippen LogP contribution in [0.5, 0.6) is 0 Å². The molecule has 31 heavy (non-hydrogen) atoms. The Bertz CT molecular complexity index is 795. The summed E-state index contributed by atoms with van der Waals surface area (Å²) in [5, 5.41) is 0. The van der Waals surface area contributed by atoms with Crippen LogP contribution in [0.4, 0.5) is 0 Å². The Labute approximate surface area is 192 Å². The van der Waals surface area contributed by atoms with E-state index in [1.165, 1.54) is 44.1 Å². The summed E-state index contributed by atoms with van der Waals surface area (Å²) >= 11 is 0. The lowest BCUT2D eigenvalue weighted by atomic mass is 9.41. The van der Waals surface area contributed by atoms with Gasteiger partial charge in [-0.25, -0.2) is 0 Å². The molecule has 0 radical (unpaired) electrons. The first kappa shape index (κ1) is 23.3. The molecule has 3 saturated carbocycles. The van der Waals surface area contributed by atoms with Crippen molar-refractivity contribution >= 4 is 5.78 Å². The van der Waals surface area contributed by atoms with Crippen molar-refractivity contribution in [2.24, 2.45) is 45.3 Å². The van der Waals surface area contributed by atoms with Gasteiger partial charge in [0.05, 0.1) is 0 Å². The lowest BCUT2D eigenvalue weighted by Gasteiger charge is -2.63. The number of Topliss-reactive ketones (excluding diaryl/α,β-unsaturated/α-hetero) is 1. The van der Waals surface area contributed by atoms with Gasteiger partial charge in [0.2, 0.25) is 0 Å². The fourth-order valence-electron chi connectivity index (χ4n) is 9.30. The maximum absolute atomic E-state index is 12.8. The lowest BCUT2D eigenvalue weighted by molar-refractivity contribution is -0.146. The summed E-state index contributed by atoms with van der Waals surface area (Å²) in [6.07, 6.45) is 16.2. The SMILES string of the molecule is CC(C)=CCCC(C)C1CCC2(C)C3=CCC4C(C)(C)C(=O)CCC4(C)C3CCC12C. The first-order valence-electron chi connectivity index (χ1n) is 13.2. The van der Waals surface area contributed by atoms with E-state index in [4.69, 9.17) is 0 Å². The highest BCUT2D eigenvalue weighted by atomic mass is 16.1. The fraction of sp³-hybridized carbons (Fsp3) is 0.833. The van der Waals surface area contributed by atoms with E-state index in [1.807, 2.05) is 5.57 Å². The molecule has 0 amide bonds. The highest BCUT2D eigenvalue weighted by molar-refractivity contribution is 5.85. The van der Waals surface area contributed by atoms with Crippen LogP contribution in [0.3, 0.4) is 0 Å². The van der Waals surface area contributed by atoms with Crippen LogP contribution in [-0.2, 0) is 4.79 Å². The van der Waals surface area contributed by atoms with Crippen LogP contribution >= 0.6 is 0 Å². The first-order chi connectivity index (χ1) is 14.4. The predicted octanol–water partition coefficient (Wildman–Crippen LogP) is 8.54. The van der Waals surface area contributed by atoms with Gasteiger partial charge in [0.1, 0.15) is 5.78 Å². The molecule has 1 heteroatoms. The molecule has 0 spiro atoms. The lowest BCUT2D eigenvalue weighted by Crippen LogP contribution is -2.57. The topological polar surface area (TPSA) is 17.1 Å². The van der Waals surface area contributed by atoms with E-state index < -0.39 is 0 Å². The number of carbonyl (C=O) groups excluding carboxylic acids is 1. The van der Waals surface area contributed by atoms with Crippen LogP contribution in [-0.4, -0.2) is 5.78 Å². The van der Waals surface area contributed by atoms with Crippen molar-refractivity contribution in [3.8, 4) is 0 Å². The zero-order valence-electron chi connectivity index (χ0n) is 21.7. The molecular formula is C30H48O. The van der Waals surface area contributed by atoms with Gasteiger partial charge in [0.15, 0.2) is 0 Å². The molecule has 0 heterocycles. The van der Waals surface area contributed by atoms with Crippen LogP contribution in [0, 0.1) is 45.3 Å². The molecular weight excluding hydrogens is 376 g/mol. The number of carbonyl (C=O) groups is 1. The number of fused-ring (bicyclic) bond motifs is 5. The van der Waals surface area contributed by atoms with E-state index in [0.29, 0.717) is 33.9 Å². The minimum Gasteiger partial charge on any atom is -0.299 e. The zero-order valence-corrected chi connectivity index (χ0v) is 21.7. The van der Waals surface area contributed by atoms with Gasteiger partial charge in [-0.3, -0.25) is 4.79 Å². The number of ketones is 1. The van der Waals surface area contributed by atoms with Crippen molar-refractivity contribution in [2.75, 3.05) is 0 Å². The summed E-state index contributed by atoms with van der Waals surface area (Å²) in [7, 11) is 0. The van der Waals surface area contributed by atoms with E-state index in [0.717, 1.165) is 31.1 Å². The maximum Gasteiger partial charge on any atom is 0.138 e. The molecule has 4 rings (SSSR count). The third-order valence-electron chi connectivity index (χ3n) is 11.5. The molecule has 0 N–H and O–H groups in total. The van der Waals surface area contributed by atoms with Crippen LogP contribution in [0.15, 0.2) is 23.3 Å². The van der Waals surface area contributed by atoms with E-state index in [1.54, 1.807) is 0 Å². The minimum atomic E-state index is -0.158. The van der Waals surface area contributed by atoms with Crippen LogP contribution in [0.1, 0.15) is 113 Å². The molecule has 3 fully saturated rings. The average Bonchev–Trinajstić information content (AvgIpc) is 2.96. The Morgan fingerprint density at radius 1 is 1.10 bits per heavy atom. The van der Waals surface area contributed by atoms with Crippen molar-refractivity contribution in [1.29, 1.82) is 0 Å². The zero-order chi connectivity index (χ0) is 22.8. The normalized spacial score (nSPS) is 44.6. The Balaban J connectivity index is 1.63. The second-order valence-electron chi connectivity index (χ2n) is 13.4. The number of allylic oxidation sites excluding steroid dienone is 4. The summed E-state index contributed by atoms with van der Waals surface area (Å²) in [5.41, 5.74) is 4.20. The van der Waals surface area contributed by atoms with E-state index >= 15 is 0 Å². The molecule has 4 aliphatic rings. The Morgan fingerprint density at radius 2 is 1.81 bits per heavy atom. The van der Waals surface area contributed by atoms with Gasteiger partial charge in [-0.05, 0) is 105 Å². The van der Waals surface area contributed by atoms with Crippen molar-refractivity contribution < 1.29 is 4.79 Å². The molecule has 174 valence electrons. The summed E-state index contributed by atoms with van der Waals surface area (Å²) in [4.78, 5) is 12.8. The Kier molecular flexibility index (Phi) is 5.71. The number of hydrogen-bond acceptors (Lipinski definition) is 1. The molecule has 0 aliphatic heterocycles. The smallest absolute Gasteiger partial charge is 0.138 e. The molecule has 1 nitrogen and oxygen atoms in total. The number of hydrogen-bond donors (Lipinski definition) is 0. The molecule has 0 aromatic rings. The van der Waals surface area contributed by atoms with E-state index in [-0.39, 0.29) is 5.41 Å². The molecule has 7 unspecified atom stereocenters. The fourth-order valence-corrected chi connectivity index (χ4v) is 9.30. The largest absolute Gasteiger partial charge is 0.299 e. The molecule has 0 saturated heterocycles. The molecule has 7 atom stereocenters. The van der Waals surface area contributed by atoms with Gasteiger partial charge >= 0.3 is 0 Å². The monoisotopic (exact) mass is 424 g/mol. The summed E-state index contributed by atoms with van der Waals surface area (Å²) < 4.78 is 0. The van der Waals surface area contributed by atoms with E-state index in [2.05, 4.69) is 67.5 Å². The standard InChI is InChI=1S/C30H48O/c1-20(2)10-9-11-21(3)22-14-18-30(8)24-12-13-25-27(4,5)26(31)16-17-28(25,6)23(24)15-19-29(22,30)7/h10,12,21-23,25H,9,11,13-19H2,1-8H3. The molecule has 0 aromatic heterocycles. The third kappa shape index (κ3) is 3.26. The summed E-state index contributed by atoms with van der Waals surface area (Å²) in [6, 6.07) is 0. The maximum atomic E-state index is 12.8. The minimum absolute atomic E-state index is 0.158. The van der Waals surface area contributed by atoms with Gasteiger partial charge < -0.3 is 0 Å². The van der Waals surface area contributed by atoms with E-state index in [9.17, 15) is 4.79 Å². The summed E-state index contributed by atoms with van der Waals surface area (Å²) in [5.74, 6) is 3.36. The molecule has 4 aliphatic carbocycles. The van der Waals surface area contributed by atoms with Gasteiger partial charge in [-0.15, -0.1) is 0 Å². The molecule has 0 aromatic carbocycles. The van der Waals surface area contributed by atoms with Crippen molar-refractivity contribution in [3.05, 3.63) is 23.3 Å². The predicted molar refractivity (Wildman–Crippen MR) is 132 cm³/mol. The highest BCUT2D eigenvalue weighted by Gasteiger charge is 2.65. The van der Waals surface area contributed by atoms with Crippen molar-refractivity contribution in [2.45, 2.75) is 113 Å². The second-order valence-corrected chi connectivity index (χ2v) is 13.4. The van der Waals surface area contributed by atoms with Crippen LogP contribution in [0.25, 0.3) is 0 Å². The van der Waals surface area contributed by atoms with Gasteiger partial charge in [-0.1, -0.05) is 64.8 Å². The quantitative estimate of drug-likeness (QED) is 0.413. The Morgan fingerprint density at radius 3 is 2.48 bits per heavy atom. The van der Waals surface area contributed by atoms with Gasteiger partial charge in [0, 0.05) is 11.8 Å².